The molecule has 0 saturated heterocycles. The Kier molecular flexibility index (Phi) is 2.67. The normalized spacial score (nSPS) is 16.8. The van der Waals surface area contributed by atoms with Crippen LogP contribution in [0.3, 0.4) is 0 Å². The third-order valence-corrected chi connectivity index (χ3v) is 3.57. The van der Waals surface area contributed by atoms with E-state index in [0.717, 1.165) is 29.5 Å². The van der Waals surface area contributed by atoms with Crippen LogP contribution < -0.4 is 5.32 Å². The predicted octanol–water partition coefficient (Wildman–Crippen LogP) is 2.03. The molecule has 18 heavy (non-hydrogen) atoms. The number of nitrogens with one attached hydrogen (secondary N) is 2. The van der Waals surface area contributed by atoms with Gasteiger partial charge in [0.25, 0.3) is 0 Å². The molecule has 0 aliphatic heterocycles. The first kappa shape index (κ1) is 11.4. The molecule has 4 heteroatoms. The highest BCUT2D eigenvalue weighted by Gasteiger charge is 2.46. The first-order valence-corrected chi connectivity index (χ1v) is 6.38. The van der Waals surface area contributed by atoms with Crippen molar-refractivity contribution < 1.29 is 0 Å². The number of hydrogen-bond donors (Lipinski definition) is 2. The van der Waals surface area contributed by atoms with E-state index in [4.69, 9.17) is 4.98 Å². The molecule has 0 atom stereocenters. The van der Waals surface area contributed by atoms with Crippen molar-refractivity contribution in [2.24, 2.45) is 0 Å². The smallest absolute Gasteiger partial charge is 0.136 e. The first-order chi connectivity index (χ1) is 8.73. The summed E-state index contributed by atoms with van der Waals surface area (Å²) < 4.78 is 0. The lowest BCUT2D eigenvalue weighted by Gasteiger charge is -2.14. The van der Waals surface area contributed by atoms with Gasteiger partial charge in [-0.1, -0.05) is 0 Å². The van der Waals surface area contributed by atoms with Gasteiger partial charge in [0, 0.05) is 23.9 Å². The van der Waals surface area contributed by atoms with Crippen LogP contribution in [0.25, 0.3) is 11.4 Å². The molecule has 1 aliphatic rings. The minimum absolute atomic E-state index is 0.169. The van der Waals surface area contributed by atoms with E-state index >= 15 is 0 Å². The fourth-order valence-electron chi connectivity index (χ4n) is 2.40. The van der Waals surface area contributed by atoms with Crippen molar-refractivity contribution in [3.63, 3.8) is 0 Å². The summed E-state index contributed by atoms with van der Waals surface area (Å²) in [4.78, 5) is 12.6. The minimum atomic E-state index is 0.169. The van der Waals surface area contributed by atoms with Crippen molar-refractivity contribution in [1.82, 2.24) is 20.3 Å². The first-order valence-electron chi connectivity index (χ1n) is 6.38. The van der Waals surface area contributed by atoms with Crippen molar-refractivity contribution in [2.45, 2.75) is 25.2 Å². The van der Waals surface area contributed by atoms with E-state index in [2.05, 4.69) is 15.3 Å². The van der Waals surface area contributed by atoms with Crippen LogP contribution in [-0.4, -0.2) is 28.5 Å². The Morgan fingerprint density at radius 3 is 2.83 bits per heavy atom. The standard InChI is InChI=1S/C14H18N4/c1-10-8-12(11-4-3-7-16-11)18-13(17-10)14(5-6-14)9-15-2/h3-4,7-8,15-16H,5-6,9H2,1-2H3. The highest BCUT2D eigenvalue weighted by Crippen LogP contribution is 2.46. The summed E-state index contributed by atoms with van der Waals surface area (Å²) in [5.74, 6) is 0.987. The zero-order valence-corrected chi connectivity index (χ0v) is 10.8. The number of aryl methyl sites for hydroxylation is 1. The molecule has 0 aromatic carbocycles. The Morgan fingerprint density at radius 2 is 2.22 bits per heavy atom. The molecule has 2 aromatic rings. The van der Waals surface area contributed by atoms with Gasteiger partial charge in [-0.15, -0.1) is 0 Å². The number of H-pyrrole nitrogens is 1. The molecule has 3 rings (SSSR count). The number of likely N-dealkylation sites (N-methyl/N-ethyl adjacent to an activating group) is 1. The van der Waals surface area contributed by atoms with Gasteiger partial charge in [0.05, 0.1) is 11.4 Å². The zero-order chi connectivity index (χ0) is 12.6. The summed E-state index contributed by atoms with van der Waals surface area (Å²) in [6.45, 7) is 2.99. The number of aromatic amines is 1. The van der Waals surface area contributed by atoms with E-state index in [9.17, 15) is 0 Å². The summed E-state index contributed by atoms with van der Waals surface area (Å²) in [6, 6.07) is 6.07. The van der Waals surface area contributed by atoms with Crippen molar-refractivity contribution in [1.29, 1.82) is 0 Å². The van der Waals surface area contributed by atoms with E-state index in [1.54, 1.807) is 0 Å². The lowest BCUT2D eigenvalue weighted by molar-refractivity contribution is 0.586. The molecule has 2 heterocycles. The Bertz CT molecular complexity index is 541. The quantitative estimate of drug-likeness (QED) is 0.862. The summed E-state index contributed by atoms with van der Waals surface area (Å²) in [5.41, 5.74) is 3.25. The fraction of sp³-hybridized carbons (Fsp3) is 0.429. The maximum atomic E-state index is 4.75. The topological polar surface area (TPSA) is 53.6 Å². The van der Waals surface area contributed by atoms with Crippen molar-refractivity contribution in [3.05, 3.63) is 35.9 Å². The maximum absolute atomic E-state index is 4.75. The van der Waals surface area contributed by atoms with Gasteiger partial charge in [-0.05, 0) is 45.0 Å². The average molecular weight is 242 g/mol. The Labute approximate surface area is 107 Å². The molecule has 0 amide bonds. The number of aromatic nitrogens is 3. The summed E-state index contributed by atoms with van der Waals surface area (Å²) in [7, 11) is 1.99. The average Bonchev–Trinajstić information content (AvgIpc) is 2.93. The molecule has 0 unspecified atom stereocenters. The number of hydrogen-bond acceptors (Lipinski definition) is 3. The molecular weight excluding hydrogens is 224 g/mol. The van der Waals surface area contributed by atoms with Gasteiger partial charge in [0.1, 0.15) is 5.82 Å². The molecule has 0 radical (unpaired) electrons. The van der Waals surface area contributed by atoms with E-state index in [1.807, 2.05) is 38.4 Å². The lowest BCUT2D eigenvalue weighted by atomic mass is 10.1. The highest BCUT2D eigenvalue weighted by molar-refractivity contribution is 5.54. The van der Waals surface area contributed by atoms with Crippen molar-refractivity contribution in [3.8, 4) is 11.4 Å². The second-order valence-electron chi connectivity index (χ2n) is 5.11. The van der Waals surface area contributed by atoms with Crippen LogP contribution in [0.15, 0.2) is 24.4 Å². The van der Waals surface area contributed by atoms with E-state index in [-0.39, 0.29) is 5.41 Å². The third-order valence-electron chi connectivity index (χ3n) is 3.57. The number of rotatable bonds is 4. The molecular formula is C14H18N4. The van der Waals surface area contributed by atoms with E-state index < -0.39 is 0 Å². The fourth-order valence-corrected chi connectivity index (χ4v) is 2.40. The van der Waals surface area contributed by atoms with Crippen LogP contribution in [-0.2, 0) is 5.41 Å². The van der Waals surface area contributed by atoms with Gasteiger partial charge in [-0.2, -0.15) is 0 Å². The van der Waals surface area contributed by atoms with E-state index in [0.29, 0.717) is 0 Å². The van der Waals surface area contributed by atoms with Gasteiger partial charge in [-0.3, -0.25) is 0 Å². The summed E-state index contributed by atoms with van der Waals surface area (Å²) >= 11 is 0. The van der Waals surface area contributed by atoms with Crippen LogP contribution in [0.5, 0.6) is 0 Å². The summed E-state index contributed by atoms with van der Waals surface area (Å²) in [5, 5.41) is 3.25. The van der Waals surface area contributed by atoms with Gasteiger partial charge in [0.2, 0.25) is 0 Å². The zero-order valence-electron chi connectivity index (χ0n) is 10.8. The SMILES string of the molecule is CNCC1(c2nc(C)cc(-c3ccc[nH]3)n2)CC1. The second kappa shape index (κ2) is 4.21. The van der Waals surface area contributed by atoms with Crippen LogP contribution >= 0.6 is 0 Å². The Morgan fingerprint density at radius 1 is 1.39 bits per heavy atom. The van der Waals surface area contributed by atoms with Crippen LogP contribution in [0.4, 0.5) is 0 Å². The van der Waals surface area contributed by atoms with Gasteiger partial charge in [0.15, 0.2) is 0 Å². The van der Waals surface area contributed by atoms with Crippen LogP contribution in [0.2, 0.25) is 0 Å². The summed E-state index contributed by atoms with van der Waals surface area (Å²) in [6.07, 6.45) is 4.29. The molecule has 1 aliphatic carbocycles. The Balaban J connectivity index is 2.02. The number of nitrogens with zero attached hydrogens (tertiary/aromatic N) is 2. The predicted molar refractivity (Wildman–Crippen MR) is 71.4 cm³/mol. The molecule has 94 valence electrons. The molecule has 4 nitrogen and oxygen atoms in total. The van der Waals surface area contributed by atoms with Crippen molar-refractivity contribution >= 4 is 0 Å². The molecule has 2 N–H and O–H groups in total. The molecule has 0 bridgehead atoms. The van der Waals surface area contributed by atoms with Gasteiger partial charge >= 0.3 is 0 Å². The monoisotopic (exact) mass is 242 g/mol. The third kappa shape index (κ3) is 1.93. The Hall–Kier alpha value is -1.68. The largest absolute Gasteiger partial charge is 0.360 e. The van der Waals surface area contributed by atoms with Crippen molar-refractivity contribution in [2.75, 3.05) is 13.6 Å². The van der Waals surface area contributed by atoms with Gasteiger partial charge in [-0.25, -0.2) is 9.97 Å². The molecule has 0 spiro atoms. The highest BCUT2D eigenvalue weighted by atomic mass is 15.0. The molecule has 2 aromatic heterocycles. The lowest BCUT2D eigenvalue weighted by Crippen LogP contribution is -2.26. The maximum Gasteiger partial charge on any atom is 0.136 e. The minimum Gasteiger partial charge on any atom is -0.360 e. The van der Waals surface area contributed by atoms with Crippen LogP contribution in [0.1, 0.15) is 24.4 Å². The molecule has 1 fully saturated rings. The van der Waals surface area contributed by atoms with Crippen LogP contribution in [0, 0.1) is 6.92 Å². The van der Waals surface area contributed by atoms with Gasteiger partial charge < -0.3 is 10.3 Å². The second-order valence-corrected chi connectivity index (χ2v) is 5.11. The van der Waals surface area contributed by atoms with E-state index in [1.165, 1.54) is 12.8 Å². The molecule has 1 saturated carbocycles.